The molecule has 1 aliphatic rings. The molecule has 1 fully saturated rings. The van der Waals surface area contributed by atoms with Crippen molar-refractivity contribution < 1.29 is 9.53 Å². The Hall–Kier alpha value is -1.73. The third-order valence-electron chi connectivity index (χ3n) is 3.04. The Morgan fingerprint density at radius 2 is 2.30 bits per heavy atom. The van der Waals surface area contributed by atoms with E-state index in [-0.39, 0.29) is 5.91 Å². The number of carbonyl (C=O) groups is 1. The molecular formula is C13H18N4O2S. The van der Waals surface area contributed by atoms with Crippen LogP contribution in [0.25, 0.3) is 6.08 Å². The van der Waals surface area contributed by atoms with Gasteiger partial charge in [-0.15, -0.1) is 0 Å². The highest BCUT2D eigenvalue weighted by molar-refractivity contribution is 7.80. The molecule has 0 unspecified atom stereocenters. The van der Waals surface area contributed by atoms with Crippen LogP contribution < -0.4 is 5.32 Å². The standard InChI is InChI=1S/C13H18N4O2S/c1-9-10(8-16(2)15-9)7-11-12(18)17(13(20)14-11)5-4-6-19-3/h7-8H,4-6H2,1-3H3,(H,14,20)/b11-7+. The molecule has 1 amide bonds. The minimum Gasteiger partial charge on any atom is -0.385 e. The van der Waals surface area contributed by atoms with Gasteiger partial charge in [0.2, 0.25) is 0 Å². The minimum absolute atomic E-state index is 0.102. The van der Waals surface area contributed by atoms with E-state index in [1.165, 1.54) is 0 Å². The van der Waals surface area contributed by atoms with Gasteiger partial charge in [0.15, 0.2) is 5.11 Å². The Labute approximate surface area is 123 Å². The maximum Gasteiger partial charge on any atom is 0.276 e. The van der Waals surface area contributed by atoms with Crippen molar-refractivity contribution in [3.63, 3.8) is 0 Å². The summed E-state index contributed by atoms with van der Waals surface area (Å²) in [4.78, 5) is 13.8. The van der Waals surface area contributed by atoms with Crippen LogP contribution in [0, 0.1) is 6.92 Å². The van der Waals surface area contributed by atoms with E-state index in [0.29, 0.717) is 24.0 Å². The molecule has 0 spiro atoms. The fourth-order valence-corrected chi connectivity index (χ4v) is 2.34. The van der Waals surface area contributed by atoms with Gasteiger partial charge in [0, 0.05) is 39.1 Å². The number of rotatable bonds is 5. The predicted molar refractivity (Wildman–Crippen MR) is 79.9 cm³/mol. The largest absolute Gasteiger partial charge is 0.385 e. The third kappa shape index (κ3) is 3.05. The van der Waals surface area contributed by atoms with Gasteiger partial charge in [-0.05, 0) is 31.6 Å². The zero-order valence-electron chi connectivity index (χ0n) is 11.8. The predicted octanol–water partition coefficient (Wildman–Crippen LogP) is 0.823. The van der Waals surface area contributed by atoms with E-state index < -0.39 is 0 Å². The Balaban J connectivity index is 2.13. The lowest BCUT2D eigenvalue weighted by Gasteiger charge is -2.12. The smallest absolute Gasteiger partial charge is 0.276 e. The Morgan fingerprint density at radius 3 is 2.90 bits per heavy atom. The highest BCUT2D eigenvalue weighted by atomic mass is 32.1. The van der Waals surface area contributed by atoms with Gasteiger partial charge in [-0.2, -0.15) is 5.10 Å². The summed E-state index contributed by atoms with van der Waals surface area (Å²) in [5, 5.41) is 7.65. The second kappa shape index (κ2) is 6.15. The van der Waals surface area contributed by atoms with E-state index >= 15 is 0 Å². The first-order valence-corrected chi connectivity index (χ1v) is 6.77. The van der Waals surface area contributed by atoms with Crippen LogP contribution in [0.3, 0.4) is 0 Å². The summed E-state index contributed by atoms with van der Waals surface area (Å²) in [7, 11) is 3.49. The van der Waals surface area contributed by atoms with Gasteiger partial charge in [-0.1, -0.05) is 0 Å². The molecule has 0 aromatic carbocycles. The zero-order valence-corrected chi connectivity index (χ0v) is 12.7. The molecule has 1 N–H and O–H groups in total. The summed E-state index contributed by atoms with van der Waals surface area (Å²) in [6.07, 6.45) is 4.41. The van der Waals surface area contributed by atoms with E-state index in [1.807, 2.05) is 20.2 Å². The fraction of sp³-hybridized carbons (Fsp3) is 0.462. The second-order valence-corrected chi connectivity index (χ2v) is 5.02. The van der Waals surface area contributed by atoms with Crippen LogP contribution in [-0.4, -0.2) is 46.0 Å². The molecule has 7 heteroatoms. The van der Waals surface area contributed by atoms with Crippen LogP contribution in [0.4, 0.5) is 0 Å². The minimum atomic E-state index is -0.102. The normalized spacial score (nSPS) is 17.1. The Morgan fingerprint density at radius 1 is 1.55 bits per heavy atom. The lowest BCUT2D eigenvalue weighted by molar-refractivity contribution is -0.122. The molecule has 0 bridgehead atoms. The molecule has 6 nitrogen and oxygen atoms in total. The van der Waals surface area contributed by atoms with Crippen molar-refractivity contribution in [3.05, 3.63) is 23.2 Å². The van der Waals surface area contributed by atoms with Crippen LogP contribution in [0.15, 0.2) is 11.9 Å². The number of carbonyl (C=O) groups excluding carboxylic acids is 1. The molecular weight excluding hydrogens is 276 g/mol. The monoisotopic (exact) mass is 294 g/mol. The molecule has 1 aromatic rings. The number of ether oxygens (including phenoxy) is 1. The van der Waals surface area contributed by atoms with E-state index in [9.17, 15) is 4.79 Å². The van der Waals surface area contributed by atoms with Crippen LogP contribution >= 0.6 is 12.2 Å². The number of methoxy groups -OCH3 is 1. The molecule has 0 aliphatic carbocycles. The average Bonchev–Trinajstić information content (AvgIpc) is 2.83. The number of thiocarbonyl (C=S) groups is 1. The molecule has 1 aromatic heterocycles. The summed E-state index contributed by atoms with van der Waals surface area (Å²) < 4.78 is 6.70. The van der Waals surface area contributed by atoms with Gasteiger partial charge in [0.05, 0.1) is 5.69 Å². The second-order valence-electron chi connectivity index (χ2n) is 4.63. The fourth-order valence-electron chi connectivity index (χ4n) is 2.06. The average molecular weight is 294 g/mol. The Bertz CT molecular complexity index is 565. The topological polar surface area (TPSA) is 59.4 Å². The quantitative estimate of drug-likeness (QED) is 0.495. The van der Waals surface area contributed by atoms with Crippen LogP contribution in [-0.2, 0) is 16.6 Å². The van der Waals surface area contributed by atoms with Crippen LogP contribution in [0.2, 0.25) is 0 Å². The van der Waals surface area contributed by atoms with Crippen molar-refractivity contribution >= 4 is 29.3 Å². The molecule has 2 heterocycles. The van der Waals surface area contributed by atoms with Crippen molar-refractivity contribution in [3.8, 4) is 0 Å². The first-order valence-electron chi connectivity index (χ1n) is 6.36. The lowest BCUT2D eigenvalue weighted by Crippen LogP contribution is -2.32. The number of aromatic nitrogens is 2. The van der Waals surface area contributed by atoms with Gasteiger partial charge < -0.3 is 10.1 Å². The molecule has 108 valence electrons. The molecule has 20 heavy (non-hydrogen) atoms. The van der Waals surface area contributed by atoms with Gasteiger partial charge in [0.25, 0.3) is 5.91 Å². The van der Waals surface area contributed by atoms with Gasteiger partial charge >= 0.3 is 0 Å². The zero-order chi connectivity index (χ0) is 14.7. The summed E-state index contributed by atoms with van der Waals surface area (Å²) in [6, 6.07) is 0. The van der Waals surface area contributed by atoms with Gasteiger partial charge in [-0.3, -0.25) is 14.4 Å². The van der Waals surface area contributed by atoms with E-state index in [2.05, 4.69) is 10.4 Å². The van der Waals surface area contributed by atoms with Crippen molar-refractivity contribution in [2.75, 3.05) is 20.3 Å². The SMILES string of the molecule is COCCCN1C(=O)/C(=C\c2cn(C)nc2C)NC1=S. The molecule has 0 radical (unpaired) electrons. The van der Waals surface area contributed by atoms with Crippen LogP contribution in [0.5, 0.6) is 0 Å². The number of amides is 1. The molecule has 2 rings (SSSR count). The van der Waals surface area contributed by atoms with E-state index in [0.717, 1.165) is 17.7 Å². The van der Waals surface area contributed by atoms with Crippen molar-refractivity contribution in [1.82, 2.24) is 20.0 Å². The number of hydrogen-bond acceptors (Lipinski definition) is 4. The number of nitrogens with one attached hydrogen (secondary N) is 1. The highest BCUT2D eigenvalue weighted by Gasteiger charge is 2.30. The molecule has 1 aliphatic heterocycles. The third-order valence-corrected chi connectivity index (χ3v) is 3.37. The van der Waals surface area contributed by atoms with Crippen LogP contribution in [0.1, 0.15) is 17.7 Å². The van der Waals surface area contributed by atoms with E-state index in [1.54, 1.807) is 22.8 Å². The number of aryl methyl sites for hydroxylation is 2. The maximum absolute atomic E-state index is 12.3. The van der Waals surface area contributed by atoms with Gasteiger partial charge in [-0.25, -0.2) is 0 Å². The maximum atomic E-state index is 12.3. The van der Waals surface area contributed by atoms with Crippen molar-refractivity contribution in [2.45, 2.75) is 13.3 Å². The van der Waals surface area contributed by atoms with E-state index in [4.69, 9.17) is 17.0 Å². The molecule has 1 saturated heterocycles. The Kier molecular flexibility index (Phi) is 4.51. The first kappa shape index (κ1) is 14.7. The summed E-state index contributed by atoms with van der Waals surface area (Å²) in [5.74, 6) is -0.102. The summed E-state index contributed by atoms with van der Waals surface area (Å²) >= 11 is 5.19. The van der Waals surface area contributed by atoms with Gasteiger partial charge in [0.1, 0.15) is 5.70 Å². The number of nitrogens with zero attached hydrogens (tertiary/aromatic N) is 3. The lowest BCUT2D eigenvalue weighted by atomic mass is 10.2. The first-order chi connectivity index (χ1) is 9.52. The molecule has 0 saturated carbocycles. The summed E-state index contributed by atoms with van der Waals surface area (Å²) in [5.41, 5.74) is 2.27. The highest BCUT2D eigenvalue weighted by Crippen LogP contribution is 2.16. The molecule has 0 atom stereocenters. The summed E-state index contributed by atoms with van der Waals surface area (Å²) in [6.45, 7) is 3.07. The number of hydrogen-bond donors (Lipinski definition) is 1. The van der Waals surface area contributed by atoms with Crippen molar-refractivity contribution in [1.29, 1.82) is 0 Å². The van der Waals surface area contributed by atoms with Crippen molar-refractivity contribution in [2.24, 2.45) is 7.05 Å².